The van der Waals surface area contributed by atoms with Crippen LogP contribution in [0.4, 0.5) is 20.2 Å². The number of hydrogen-bond donors (Lipinski definition) is 1. The van der Waals surface area contributed by atoms with E-state index in [2.05, 4.69) is 10.1 Å². The number of carbonyl (C=O) groups excluding carboxylic acids is 2. The number of halogens is 2. The molecule has 130 valence electrons. The van der Waals surface area contributed by atoms with Gasteiger partial charge in [0.25, 0.3) is 11.6 Å². The Kier molecular flexibility index (Phi) is 5.38. The van der Waals surface area contributed by atoms with Gasteiger partial charge >= 0.3 is 5.97 Å². The number of nitro benzene ring substituents is 1. The van der Waals surface area contributed by atoms with Gasteiger partial charge in [0.2, 0.25) is 0 Å². The molecule has 0 aliphatic carbocycles. The average molecular weight is 350 g/mol. The summed E-state index contributed by atoms with van der Waals surface area (Å²) in [5, 5.41) is 13.1. The van der Waals surface area contributed by atoms with E-state index in [1.54, 1.807) is 6.92 Å². The number of benzene rings is 2. The maximum Gasteiger partial charge on any atom is 0.338 e. The largest absolute Gasteiger partial charge is 0.452 e. The summed E-state index contributed by atoms with van der Waals surface area (Å²) in [5.74, 6) is -3.75. The van der Waals surface area contributed by atoms with Crippen LogP contribution in [0.1, 0.15) is 15.9 Å². The Morgan fingerprint density at radius 1 is 1.16 bits per heavy atom. The van der Waals surface area contributed by atoms with Crippen molar-refractivity contribution >= 4 is 23.3 Å². The lowest BCUT2D eigenvalue weighted by molar-refractivity contribution is -0.384. The van der Waals surface area contributed by atoms with Crippen LogP contribution in [0.2, 0.25) is 0 Å². The van der Waals surface area contributed by atoms with Crippen LogP contribution in [-0.4, -0.2) is 23.4 Å². The second kappa shape index (κ2) is 7.47. The molecule has 9 heteroatoms. The lowest BCUT2D eigenvalue weighted by Gasteiger charge is -2.09. The third-order valence-electron chi connectivity index (χ3n) is 3.14. The van der Waals surface area contributed by atoms with Gasteiger partial charge in [-0.05, 0) is 24.6 Å². The molecule has 0 atom stereocenters. The standard InChI is InChI=1S/C16H12F2N2O5/c1-9-2-3-13(20(23)24)7-14(9)19-15(21)8-25-16(22)10-4-11(17)6-12(18)5-10/h2-7H,8H2,1H3,(H,19,21). The lowest BCUT2D eigenvalue weighted by Crippen LogP contribution is -2.21. The Morgan fingerprint density at radius 2 is 1.80 bits per heavy atom. The van der Waals surface area contributed by atoms with Gasteiger partial charge in [0.15, 0.2) is 6.61 Å². The van der Waals surface area contributed by atoms with Crippen LogP contribution in [0.15, 0.2) is 36.4 Å². The molecule has 0 bridgehead atoms. The molecule has 0 saturated heterocycles. The number of esters is 1. The number of amides is 1. The van der Waals surface area contributed by atoms with Crippen LogP contribution < -0.4 is 5.32 Å². The minimum Gasteiger partial charge on any atom is -0.452 e. The van der Waals surface area contributed by atoms with Crippen molar-refractivity contribution in [1.29, 1.82) is 0 Å². The van der Waals surface area contributed by atoms with E-state index in [0.717, 1.165) is 18.2 Å². The molecule has 2 rings (SSSR count). The molecule has 1 N–H and O–H groups in total. The molecule has 0 aliphatic rings. The first-order chi connectivity index (χ1) is 11.8. The number of anilines is 1. The number of aryl methyl sites for hydroxylation is 1. The Hall–Kier alpha value is -3.36. The summed E-state index contributed by atoms with van der Waals surface area (Å²) in [5.41, 5.74) is 0.162. The fourth-order valence-corrected chi connectivity index (χ4v) is 1.93. The minimum absolute atomic E-state index is 0.187. The molecule has 0 radical (unpaired) electrons. The second-order valence-electron chi connectivity index (χ2n) is 5.04. The zero-order chi connectivity index (χ0) is 18.6. The van der Waals surface area contributed by atoms with Gasteiger partial charge in [-0.15, -0.1) is 0 Å². The molecule has 0 aromatic heterocycles. The van der Waals surface area contributed by atoms with E-state index < -0.39 is 35.0 Å². The normalized spacial score (nSPS) is 10.2. The van der Waals surface area contributed by atoms with Crippen molar-refractivity contribution in [3.8, 4) is 0 Å². The highest BCUT2D eigenvalue weighted by Gasteiger charge is 2.15. The van der Waals surface area contributed by atoms with Crippen LogP contribution in [0.3, 0.4) is 0 Å². The molecule has 0 saturated carbocycles. The molecule has 0 heterocycles. The molecule has 0 unspecified atom stereocenters. The monoisotopic (exact) mass is 350 g/mol. The van der Waals surface area contributed by atoms with Crippen molar-refractivity contribution in [2.75, 3.05) is 11.9 Å². The first-order valence-electron chi connectivity index (χ1n) is 6.94. The third kappa shape index (κ3) is 4.80. The number of nitrogens with zero attached hydrogens (tertiary/aromatic N) is 1. The van der Waals surface area contributed by atoms with Crippen LogP contribution >= 0.6 is 0 Å². The summed E-state index contributed by atoms with van der Waals surface area (Å²) in [4.78, 5) is 33.6. The van der Waals surface area contributed by atoms with Crippen LogP contribution in [0, 0.1) is 28.7 Å². The molecule has 25 heavy (non-hydrogen) atoms. The van der Waals surface area contributed by atoms with Crippen molar-refractivity contribution < 1.29 is 28.0 Å². The summed E-state index contributed by atoms with van der Waals surface area (Å²) in [6, 6.07) is 6.03. The van der Waals surface area contributed by atoms with E-state index in [4.69, 9.17) is 0 Å². The molecule has 2 aromatic rings. The van der Waals surface area contributed by atoms with Crippen molar-refractivity contribution in [3.05, 3.63) is 69.3 Å². The second-order valence-corrected chi connectivity index (χ2v) is 5.04. The molecule has 1 amide bonds. The van der Waals surface area contributed by atoms with Crippen LogP contribution in [0.5, 0.6) is 0 Å². The average Bonchev–Trinajstić information content (AvgIpc) is 2.53. The van der Waals surface area contributed by atoms with Gasteiger partial charge < -0.3 is 10.1 Å². The summed E-state index contributed by atoms with van der Waals surface area (Å²) in [6.45, 7) is 0.903. The Balaban J connectivity index is 2.00. The number of nitrogens with one attached hydrogen (secondary N) is 1. The first kappa shape index (κ1) is 18.0. The molecule has 0 aliphatic heterocycles. The highest BCUT2D eigenvalue weighted by molar-refractivity contribution is 5.96. The lowest BCUT2D eigenvalue weighted by atomic mass is 10.2. The van der Waals surface area contributed by atoms with Crippen LogP contribution in [0.25, 0.3) is 0 Å². The maximum atomic E-state index is 13.0. The number of carbonyl (C=O) groups is 2. The number of hydrogen-bond acceptors (Lipinski definition) is 5. The maximum absolute atomic E-state index is 13.0. The number of nitro groups is 1. The predicted octanol–water partition coefficient (Wildman–Crippen LogP) is 2.98. The van der Waals surface area contributed by atoms with Crippen molar-refractivity contribution in [1.82, 2.24) is 0 Å². The Labute approximate surface area is 140 Å². The molecular formula is C16H12F2N2O5. The summed E-state index contributed by atoms with van der Waals surface area (Å²) in [6.07, 6.45) is 0. The number of non-ortho nitro benzene ring substituents is 1. The van der Waals surface area contributed by atoms with Crippen molar-refractivity contribution in [2.24, 2.45) is 0 Å². The smallest absolute Gasteiger partial charge is 0.338 e. The van der Waals surface area contributed by atoms with Gasteiger partial charge in [-0.3, -0.25) is 14.9 Å². The molecule has 0 fully saturated rings. The zero-order valence-electron chi connectivity index (χ0n) is 12.9. The fourth-order valence-electron chi connectivity index (χ4n) is 1.93. The SMILES string of the molecule is Cc1ccc([N+](=O)[O-])cc1NC(=O)COC(=O)c1cc(F)cc(F)c1. The van der Waals surface area contributed by atoms with E-state index in [1.807, 2.05) is 0 Å². The summed E-state index contributed by atoms with van der Waals surface area (Å²) < 4.78 is 30.8. The first-order valence-corrected chi connectivity index (χ1v) is 6.94. The highest BCUT2D eigenvalue weighted by Crippen LogP contribution is 2.21. The zero-order valence-corrected chi connectivity index (χ0v) is 12.9. The van der Waals surface area contributed by atoms with Gasteiger partial charge in [-0.25, -0.2) is 13.6 Å². The molecule has 7 nitrogen and oxygen atoms in total. The van der Waals surface area contributed by atoms with Gasteiger partial charge in [-0.1, -0.05) is 6.07 Å². The third-order valence-corrected chi connectivity index (χ3v) is 3.14. The van der Waals surface area contributed by atoms with Crippen molar-refractivity contribution in [2.45, 2.75) is 6.92 Å². The minimum atomic E-state index is -1.08. The van der Waals surface area contributed by atoms with Crippen molar-refractivity contribution in [3.63, 3.8) is 0 Å². The van der Waals surface area contributed by atoms with Crippen LogP contribution in [-0.2, 0) is 9.53 Å². The van der Waals surface area contributed by atoms with E-state index in [0.29, 0.717) is 11.6 Å². The fraction of sp³-hybridized carbons (Fsp3) is 0.125. The topological polar surface area (TPSA) is 98.5 Å². The summed E-state index contributed by atoms with van der Waals surface area (Å²) >= 11 is 0. The predicted molar refractivity (Wildman–Crippen MR) is 83.1 cm³/mol. The van der Waals surface area contributed by atoms with E-state index in [9.17, 15) is 28.5 Å². The van der Waals surface area contributed by atoms with E-state index in [1.165, 1.54) is 12.1 Å². The Morgan fingerprint density at radius 3 is 2.40 bits per heavy atom. The van der Waals surface area contributed by atoms with E-state index >= 15 is 0 Å². The van der Waals surface area contributed by atoms with Gasteiger partial charge in [-0.2, -0.15) is 0 Å². The number of rotatable bonds is 5. The molecule has 0 spiro atoms. The van der Waals surface area contributed by atoms with Gasteiger partial charge in [0.05, 0.1) is 16.2 Å². The van der Waals surface area contributed by atoms with Gasteiger partial charge in [0.1, 0.15) is 11.6 Å². The number of ether oxygens (including phenoxy) is 1. The molecular weight excluding hydrogens is 338 g/mol. The molecule has 2 aromatic carbocycles. The highest BCUT2D eigenvalue weighted by atomic mass is 19.1. The quantitative estimate of drug-likeness (QED) is 0.508. The van der Waals surface area contributed by atoms with Gasteiger partial charge in [0, 0.05) is 18.2 Å². The van der Waals surface area contributed by atoms with E-state index in [-0.39, 0.29) is 16.9 Å². The summed E-state index contributed by atoms with van der Waals surface area (Å²) in [7, 11) is 0. The Bertz CT molecular complexity index is 834.